The molecule has 5 nitrogen and oxygen atoms in total. The normalized spacial score (nSPS) is 17.0. The van der Waals surface area contributed by atoms with Crippen molar-refractivity contribution in [2.75, 3.05) is 33.9 Å². The predicted octanol–water partition coefficient (Wildman–Crippen LogP) is 4.62. The molecule has 4 rings (SSSR count). The van der Waals surface area contributed by atoms with Crippen molar-refractivity contribution in [3.63, 3.8) is 0 Å². The summed E-state index contributed by atoms with van der Waals surface area (Å²) in [6.07, 6.45) is 0.760. The lowest BCUT2D eigenvalue weighted by Gasteiger charge is -2.42. The summed E-state index contributed by atoms with van der Waals surface area (Å²) in [4.78, 5) is 4.69. The molecule has 0 spiro atoms. The number of phenols is 1. The minimum Gasteiger partial charge on any atom is -0.504 e. The van der Waals surface area contributed by atoms with Gasteiger partial charge in [-0.05, 0) is 47.9 Å². The van der Waals surface area contributed by atoms with E-state index in [2.05, 4.69) is 9.80 Å². The maximum Gasteiger partial charge on any atom is 0.203 e. The second-order valence-electron chi connectivity index (χ2n) is 8.63. The molecular formula is C27H30F2N2O3. The van der Waals surface area contributed by atoms with Gasteiger partial charge in [-0.2, -0.15) is 0 Å². The molecule has 0 bridgehead atoms. The maximum absolute atomic E-state index is 13.4. The minimum absolute atomic E-state index is 0.0886. The first-order valence-electron chi connectivity index (χ1n) is 11.3. The van der Waals surface area contributed by atoms with Crippen molar-refractivity contribution >= 4 is 0 Å². The predicted molar refractivity (Wildman–Crippen MR) is 127 cm³/mol. The van der Waals surface area contributed by atoms with Crippen LogP contribution in [0.1, 0.15) is 16.7 Å². The molecule has 3 aromatic rings. The molecule has 34 heavy (non-hydrogen) atoms. The van der Waals surface area contributed by atoms with Crippen molar-refractivity contribution in [1.29, 1.82) is 0 Å². The molecule has 0 aromatic heterocycles. The third kappa shape index (κ3) is 5.66. The molecule has 1 aliphatic rings. The summed E-state index contributed by atoms with van der Waals surface area (Å²) in [6.45, 7) is 3.68. The highest BCUT2D eigenvalue weighted by molar-refractivity contribution is 5.54. The molecule has 0 amide bonds. The Hall–Kier alpha value is -3.16. The van der Waals surface area contributed by atoms with Crippen LogP contribution in [0.25, 0.3) is 0 Å². The molecule has 3 aromatic carbocycles. The summed E-state index contributed by atoms with van der Waals surface area (Å²) in [7, 11) is 3.05. The van der Waals surface area contributed by atoms with Crippen molar-refractivity contribution in [3.05, 3.63) is 89.0 Å². The van der Waals surface area contributed by atoms with Crippen LogP contribution in [0.5, 0.6) is 17.2 Å². The number of methoxy groups -OCH3 is 2. The van der Waals surface area contributed by atoms with E-state index in [-0.39, 0.29) is 23.4 Å². The zero-order valence-corrected chi connectivity index (χ0v) is 19.5. The molecule has 0 saturated carbocycles. The number of rotatable bonds is 8. The lowest BCUT2D eigenvalue weighted by atomic mass is 10.0. The van der Waals surface area contributed by atoms with Crippen LogP contribution in [0.3, 0.4) is 0 Å². The summed E-state index contributed by atoms with van der Waals surface area (Å²) < 4.78 is 37.4. The first-order valence-corrected chi connectivity index (χ1v) is 11.3. The van der Waals surface area contributed by atoms with Crippen LogP contribution >= 0.6 is 0 Å². The molecule has 180 valence electrons. The average molecular weight is 469 g/mol. The molecule has 1 aliphatic heterocycles. The number of benzene rings is 3. The second-order valence-corrected chi connectivity index (χ2v) is 8.63. The smallest absolute Gasteiger partial charge is 0.203 e. The molecule has 1 saturated heterocycles. The fraction of sp³-hybridized carbons (Fsp3) is 0.333. The molecule has 1 heterocycles. The monoisotopic (exact) mass is 468 g/mol. The van der Waals surface area contributed by atoms with Gasteiger partial charge < -0.3 is 14.6 Å². The number of hydrogen-bond donors (Lipinski definition) is 1. The minimum atomic E-state index is -0.249. The van der Waals surface area contributed by atoms with Gasteiger partial charge in [0.05, 0.1) is 14.2 Å². The van der Waals surface area contributed by atoms with E-state index in [0.717, 1.165) is 42.7 Å². The maximum atomic E-state index is 13.4. The SMILES string of the molecule is COc1ccc(CN2CCN(Cc3ccc(F)cc3)C(Cc3ccc(F)cc3)C2)c(O)c1OC. The van der Waals surface area contributed by atoms with Gasteiger partial charge in [-0.25, -0.2) is 8.78 Å². The number of ether oxygens (including phenoxy) is 2. The van der Waals surface area contributed by atoms with E-state index >= 15 is 0 Å². The highest BCUT2D eigenvalue weighted by Gasteiger charge is 2.28. The zero-order chi connectivity index (χ0) is 24.1. The Morgan fingerprint density at radius 1 is 0.824 bits per heavy atom. The Labute approximate surface area is 199 Å². The topological polar surface area (TPSA) is 45.2 Å². The van der Waals surface area contributed by atoms with Crippen LogP contribution in [0.2, 0.25) is 0 Å². The summed E-state index contributed by atoms with van der Waals surface area (Å²) in [5.74, 6) is 0.415. The van der Waals surface area contributed by atoms with E-state index in [0.29, 0.717) is 24.6 Å². The molecule has 1 fully saturated rings. The van der Waals surface area contributed by atoms with Gasteiger partial charge in [0.25, 0.3) is 0 Å². The Morgan fingerprint density at radius 2 is 1.47 bits per heavy atom. The summed E-state index contributed by atoms with van der Waals surface area (Å²) in [6, 6.07) is 17.1. The molecule has 1 atom stereocenters. The van der Waals surface area contributed by atoms with Gasteiger partial charge in [-0.15, -0.1) is 0 Å². The van der Waals surface area contributed by atoms with Gasteiger partial charge in [-0.3, -0.25) is 9.80 Å². The van der Waals surface area contributed by atoms with E-state index in [1.165, 1.54) is 38.5 Å². The van der Waals surface area contributed by atoms with Crippen LogP contribution in [0, 0.1) is 11.6 Å². The first-order chi connectivity index (χ1) is 16.5. The van der Waals surface area contributed by atoms with Gasteiger partial charge in [-0.1, -0.05) is 30.3 Å². The second kappa shape index (κ2) is 10.8. The van der Waals surface area contributed by atoms with Crippen molar-refractivity contribution < 1.29 is 23.4 Å². The average Bonchev–Trinajstić information content (AvgIpc) is 2.84. The lowest BCUT2D eigenvalue weighted by molar-refractivity contribution is 0.0636. The van der Waals surface area contributed by atoms with Gasteiger partial charge in [0.15, 0.2) is 11.5 Å². The zero-order valence-electron chi connectivity index (χ0n) is 19.5. The fourth-order valence-corrected chi connectivity index (χ4v) is 4.54. The van der Waals surface area contributed by atoms with Gasteiger partial charge >= 0.3 is 0 Å². The van der Waals surface area contributed by atoms with E-state index in [1.54, 1.807) is 6.07 Å². The Morgan fingerprint density at radius 3 is 2.09 bits per heavy atom. The number of hydrogen-bond acceptors (Lipinski definition) is 5. The van der Waals surface area contributed by atoms with Crippen LogP contribution in [-0.4, -0.2) is 54.8 Å². The number of nitrogens with zero attached hydrogens (tertiary/aromatic N) is 2. The number of phenolic OH excluding ortho intramolecular Hbond substituents is 1. The summed E-state index contributed by atoms with van der Waals surface area (Å²) in [5.41, 5.74) is 2.88. The van der Waals surface area contributed by atoms with Gasteiger partial charge in [0.2, 0.25) is 5.75 Å². The number of piperazine rings is 1. The fourth-order valence-electron chi connectivity index (χ4n) is 4.54. The lowest BCUT2D eigenvalue weighted by Crippen LogP contribution is -2.53. The van der Waals surface area contributed by atoms with Crippen LogP contribution in [-0.2, 0) is 19.5 Å². The first kappa shape index (κ1) is 24.0. The molecule has 0 radical (unpaired) electrons. The highest BCUT2D eigenvalue weighted by atomic mass is 19.1. The molecule has 1 unspecified atom stereocenters. The van der Waals surface area contributed by atoms with Gasteiger partial charge in [0, 0.05) is 44.3 Å². The third-order valence-corrected chi connectivity index (χ3v) is 6.37. The number of aromatic hydroxyl groups is 1. The van der Waals surface area contributed by atoms with E-state index in [1.807, 2.05) is 30.3 Å². The highest BCUT2D eigenvalue weighted by Crippen LogP contribution is 2.39. The van der Waals surface area contributed by atoms with Crippen molar-refractivity contribution in [2.45, 2.75) is 25.6 Å². The third-order valence-electron chi connectivity index (χ3n) is 6.37. The standard InChI is InChI=1S/C27H30F2N2O3/c1-33-25-12-7-21(26(32)27(25)34-2)17-30-13-14-31(16-20-5-10-23(29)11-6-20)24(18-30)15-19-3-8-22(28)9-4-19/h3-12,24,32H,13-18H2,1-2H3. The van der Waals surface area contributed by atoms with Crippen molar-refractivity contribution in [2.24, 2.45) is 0 Å². The van der Waals surface area contributed by atoms with Crippen LogP contribution in [0.15, 0.2) is 60.7 Å². The van der Waals surface area contributed by atoms with Gasteiger partial charge in [0.1, 0.15) is 11.6 Å². The Bertz CT molecular complexity index is 1090. The van der Waals surface area contributed by atoms with E-state index in [9.17, 15) is 13.9 Å². The molecule has 7 heteroatoms. The molecular weight excluding hydrogens is 438 g/mol. The van der Waals surface area contributed by atoms with Crippen LogP contribution in [0.4, 0.5) is 8.78 Å². The molecule has 0 aliphatic carbocycles. The van der Waals surface area contributed by atoms with Crippen LogP contribution < -0.4 is 9.47 Å². The summed E-state index contributed by atoms with van der Waals surface area (Å²) >= 11 is 0. The largest absolute Gasteiger partial charge is 0.504 e. The van der Waals surface area contributed by atoms with E-state index < -0.39 is 0 Å². The van der Waals surface area contributed by atoms with Crippen molar-refractivity contribution in [1.82, 2.24) is 9.80 Å². The summed E-state index contributed by atoms with van der Waals surface area (Å²) in [5, 5.41) is 10.7. The van der Waals surface area contributed by atoms with E-state index in [4.69, 9.17) is 9.47 Å². The number of halogens is 2. The van der Waals surface area contributed by atoms with Crippen molar-refractivity contribution in [3.8, 4) is 17.2 Å². The Kier molecular flexibility index (Phi) is 7.65. The Balaban J connectivity index is 1.52. The quantitative estimate of drug-likeness (QED) is 0.523. The molecule has 1 N–H and O–H groups in total.